The van der Waals surface area contributed by atoms with Crippen molar-refractivity contribution >= 4 is 225 Å². The first-order valence-electron chi connectivity index (χ1n) is 40.8. The highest BCUT2D eigenvalue weighted by atomic mass is 79.9. The van der Waals surface area contributed by atoms with Crippen molar-refractivity contribution < 1.29 is 42.8 Å². The third-order valence-corrected chi connectivity index (χ3v) is 25.9. The lowest BCUT2D eigenvalue weighted by molar-refractivity contribution is -0.167. The van der Waals surface area contributed by atoms with Crippen LogP contribution in [0.5, 0.6) is 0 Å². The molecule has 0 radical (unpaired) electrons. The van der Waals surface area contributed by atoms with Gasteiger partial charge in [0, 0.05) is 94.4 Å². The molecule has 0 amide bonds. The molecule has 0 saturated carbocycles. The maximum Gasteiger partial charge on any atom is 0.339 e. The van der Waals surface area contributed by atoms with E-state index >= 15 is 0 Å². The standard InChI is InChI=1S/C30H29BrClN3O3S.C30H30ClN3O3S.C22H23BrClNO3S.C8H7BrN2.C7H5BrN2/c1-7-37-29(36)26(38-30(3,4)5)23-16(2)14-21-27(24(23)17-8-10-18(32)11-9-17)39-28(34-21)20-12-13-22-25(33-20)19(31)15-35(22)6;1-7-36-29(35)26(37-30(3,4)5)24-17(2)16-22-27(25(24)18-8-10-19(31)11-9-18)38-28(33-22)21-12-13-23-20(32-21)14-15-34(23)6;1-6-27-20(26)18(28-22(3,4)5)16-12(2)11-15-19(29-21(23)25-15)17(16)13-7-9-14(24)10-8-13;1-11-5-4-6-7(11)2-3-8(9)10-6;8-7-2-1-5-6(10-7)3-4-9-5/h8-15,26H,7H2,1-6H3;8-16,26H,7H2,1-6H3;7-11,18H,6H2,1-5H3;2-5H,1H3;1-4,9H/t2*26-;18-;;/m000../s1. The van der Waals surface area contributed by atoms with Gasteiger partial charge < -0.3 is 47.1 Å². The third kappa shape index (κ3) is 22.6. The fourth-order valence-corrected chi connectivity index (χ4v) is 19.9. The fraction of sp³-hybridized carbons (Fsp3) is 0.278. The smallest absolute Gasteiger partial charge is 0.339 e. The molecule has 6 aromatic carbocycles. The maximum atomic E-state index is 13.3. The van der Waals surface area contributed by atoms with Crippen LogP contribution >= 0.6 is 133 Å². The number of aromatic nitrogens is 11. The monoisotopic (exact) mass is 2070 g/mol. The zero-order valence-electron chi connectivity index (χ0n) is 73.2. The van der Waals surface area contributed by atoms with Gasteiger partial charge in [-0.25, -0.2) is 49.3 Å². The summed E-state index contributed by atoms with van der Waals surface area (Å²) in [6.07, 6.45) is 5.20. The van der Waals surface area contributed by atoms with E-state index in [2.05, 4.69) is 100 Å². The molecule has 17 aromatic rings. The summed E-state index contributed by atoms with van der Waals surface area (Å²) in [4.78, 5) is 75.5. The number of pyridine rings is 4. The van der Waals surface area contributed by atoms with E-state index in [1.165, 1.54) is 11.3 Å². The molecular weight excluding hydrogens is 1990 g/mol. The van der Waals surface area contributed by atoms with Crippen molar-refractivity contribution in [3.63, 3.8) is 0 Å². The lowest BCUT2D eigenvalue weighted by Crippen LogP contribution is -2.29. The number of carbonyl (C=O) groups is 3. The summed E-state index contributed by atoms with van der Waals surface area (Å²) in [5.41, 5.74) is 21.1. The average molecular weight is 2080 g/mol. The number of aryl methyl sites for hydroxylation is 6. The Bertz CT molecular complexity index is 6910. The lowest BCUT2D eigenvalue weighted by atomic mass is 9.91. The van der Waals surface area contributed by atoms with Crippen molar-refractivity contribution in [3.05, 3.63) is 249 Å². The van der Waals surface area contributed by atoms with Gasteiger partial charge in [0.05, 0.1) is 122 Å². The number of rotatable bonds is 17. The highest BCUT2D eigenvalue weighted by Gasteiger charge is 2.38. The SMILES string of the molecule is Brc1ccc2[nH]ccc2n1.CCOC(=O)[C@@H](OC(C)(C)C)c1c(C)cc2nc(-c3ccc4c(ccn4C)n3)sc2c1-c1ccc(Cl)cc1.CCOC(=O)[C@@H](OC(C)(C)C)c1c(C)cc2nc(-c3ccc4c(n3)c(Br)cn4C)sc2c1-c1ccc(Cl)cc1.CCOC(=O)[C@@H](OC(C)(C)C)c1c(C)cc2nc(Br)sc2c1-c1ccc(Cl)cc1.Cn1ccc2nc(Br)ccc21. The number of benzene rings is 6. The van der Waals surface area contributed by atoms with Gasteiger partial charge >= 0.3 is 17.9 Å². The second-order valence-electron chi connectivity index (χ2n) is 32.8. The summed E-state index contributed by atoms with van der Waals surface area (Å²) in [5.74, 6) is -1.24. The Morgan fingerprint density at radius 2 is 0.772 bits per heavy atom. The molecule has 0 spiro atoms. The first-order chi connectivity index (χ1) is 60.2. The summed E-state index contributed by atoms with van der Waals surface area (Å²) >= 11 is 37.0. The van der Waals surface area contributed by atoms with Crippen LogP contribution in [0, 0.1) is 20.8 Å². The number of halogens is 7. The molecule has 0 aliphatic heterocycles. The number of H-pyrrole nitrogens is 1. The Morgan fingerprint density at radius 3 is 1.18 bits per heavy atom. The van der Waals surface area contributed by atoms with Gasteiger partial charge in [0.1, 0.15) is 24.7 Å². The first kappa shape index (κ1) is 95.4. The molecule has 658 valence electrons. The van der Waals surface area contributed by atoms with Crippen LogP contribution in [0.2, 0.25) is 15.1 Å². The molecule has 0 fully saturated rings. The van der Waals surface area contributed by atoms with Gasteiger partial charge in [-0.05, 0) is 322 Å². The topological polar surface area (TPSA) is 227 Å². The molecule has 17 rings (SSSR count). The minimum absolute atomic E-state index is 0.258. The van der Waals surface area contributed by atoms with Crippen LogP contribution in [0.1, 0.15) is 135 Å². The number of hydrogen-bond donors (Lipinski definition) is 1. The summed E-state index contributed by atoms with van der Waals surface area (Å²) in [5, 5.41) is 3.52. The van der Waals surface area contributed by atoms with Crippen molar-refractivity contribution in [3.8, 4) is 54.8 Å². The number of fused-ring (bicyclic) bond motifs is 7. The quantitative estimate of drug-likeness (QED) is 0.0508. The Morgan fingerprint density at radius 1 is 0.409 bits per heavy atom. The number of nitrogens with one attached hydrogen (secondary N) is 1. The Hall–Kier alpha value is -9.17. The highest BCUT2D eigenvalue weighted by molar-refractivity contribution is 9.11. The Labute approximate surface area is 797 Å². The molecule has 0 bridgehead atoms. The molecule has 30 heteroatoms. The van der Waals surface area contributed by atoms with E-state index in [-0.39, 0.29) is 19.8 Å². The zero-order chi connectivity index (χ0) is 91.4. The van der Waals surface area contributed by atoms with Crippen LogP contribution in [0.4, 0.5) is 0 Å². The van der Waals surface area contributed by atoms with Crippen LogP contribution in [-0.2, 0) is 63.9 Å². The Kier molecular flexibility index (Phi) is 30.4. The summed E-state index contributed by atoms with van der Waals surface area (Å²) in [6.45, 7) is 29.5. The molecule has 0 aliphatic rings. The molecule has 1 N–H and O–H groups in total. The number of hydrogen-bond acceptors (Lipinski definition) is 19. The van der Waals surface area contributed by atoms with E-state index in [4.69, 9.17) is 83.2 Å². The predicted octanol–water partition coefficient (Wildman–Crippen LogP) is 28.3. The van der Waals surface area contributed by atoms with Crippen molar-refractivity contribution in [2.75, 3.05) is 19.8 Å². The van der Waals surface area contributed by atoms with Crippen LogP contribution in [0.3, 0.4) is 0 Å². The van der Waals surface area contributed by atoms with Crippen LogP contribution in [0.25, 0.3) is 130 Å². The molecular formula is C97H94Br4Cl3N11O9S3. The second-order valence-corrected chi connectivity index (χ2v) is 40.9. The molecule has 11 heterocycles. The van der Waals surface area contributed by atoms with E-state index in [9.17, 15) is 14.4 Å². The van der Waals surface area contributed by atoms with Gasteiger partial charge in [-0.15, -0.1) is 34.0 Å². The van der Waals surface area contributed by atoms with Gasteiger partial charge in [-0.1, -0.05) is 71.2 Å². The highest BCUT2D eigenvalue weighted by Crippen LogP contribution is 2.49. The lowest BCUT2D eigenvalue weighted by Gasteiger charge is -2.29. The molecule has 0 unspecified atom stereocenters. The molecule has 0 aliphatic carbocycles. The van der Waals surface area contributed by atoms with Crippen molar-refractivity contribution in [2.45, 2.75) is 139 Å². The summed E-state index contributed by atoms with van der Waals surface area (Å²) in [7, 11) is 6.01. The number of esters is 3. The number of ether oxygens (including phenoxy) is 6. The largest absolute Gasteiger partial charge is 0.464 e. The van der Waals surface area contributed by atoms with Gasteiger partial charge in [0.2, 0.25) is 0 Å². The Balaban J connectivity index is 0.000000146. The molecule has 3 atom stereocenters. The van der Waals surface area contributed by atoms with Gasteiger partial charge in [-0.3, -0.25) is 0 Å². The van der Waals surface area contributed by atoms with Crippen LogP contribution in [-0.4, -0.2) is 108 Å². The fourth-order valence-electron chi connectivity index (χ4n) is 14.6. The average Bonchev–Trinajstić information content (AvgIpc) is 1.69. The predicted molar refractivity (Wildman–Crippen MR) is 532 cm³/mol. The maximum absolute atomic E-state index is 13.3. The second kappa shape index (κ2) is 40.5. The first-order valence-corrected chi connectivity index (χ1v) is 47.5. The molecule has 0 saturated heterocycles. The normalized spacial score (nSPS) is 12.5. The molecule has 11 aromatic heterocycles. The van der Waals surface area contributed by atoms with E-state index in [1.54, 1.807) is 43.4 Å². The van der Waals surface area contributed by atoms with Gasteiger partial charge in [0.25, 0.3) is 0 Å². The van der Waals surface area contributed by atoms with Crippen LogP contribution in [0.15, 0.2) is 200 Å². The number of thiazole rings is 3. The van der Waals surface area contributed by atoms with E-state index in [0.717, 1.165) is 181 Å². The van der Waals surface area contributed by atoms with Crippen LogP contribution < -0.4 is 0 Å². The van der Waals surface area contributed by atoms with Crippen molar-refractivity contribution in [2.24, 2.45) is 21.1 Å². The molecule has 20 nitrogen and oxygen atoms in total. The summed E-state index contributed by atoms with van der Waals surface area (Å²) in [6, 6.07) is 50.8. The summed E-state index contributed by atoms with van der Waals surface area (Å²) < 4.78 is 47.8. The zero-order valence-corrected chi connectivity index (χ0v) is 84.3. The van der Waals surface area contributed by atoms with Crippen molar-refractivity contribution in [1.29, 1.82) is 0 Å². The van der Waals surface area contributed by atoms with Gasteiger partial charge in [-0.2, -0.15) is 0 Å². The van der Waals surface area contributed by atoms with E-state index in [1.807, 2.05) is 284 Å². The van der Waals surface area contributed by atoms with Gasteiger partial charge in [0.15, 0.2) is 22.2 Å². The number of nitrogens with zero attached hydrogens (tertiary/aromatic N) is 10. The minimum Gasteiger partial charge on any atom is -0.464 e. The number of aromatic amines is 1. The number of carbonyl (C=O) groups excluding carboxylic acids is 3. The van der Waals surface area contributed by atoms with E-state index < -0.39 is 53.0 Å². The van der Waals surface area contributed by atoms with Crippen molar-refractivity contribution in [1.82, 2.24) is 53.6 Å². The minimum atomic E-state index is -0.916. The third-order valence-electron chi connectivity index (χ3n) is 19.9. The van der Waals surface area contributed by atoms with E-state index in [0.29, 0.717) is 15.1 Å². The molecule has 127 heavy (non-hydrogen) atoms.